The smallest absolute Gasteiger partial charge is 0.293 e. The van der Waals surface area contributed by atoms with Crippen molar-refractivity contribution < 1.29 is 23.8 Å². The van der Waals surface area contributed by atoms with E-state index in [0.29, 0.717) is 27.7 Å². The Bertz CT molecular complexity index is 700. The molecule has 2 aliphatic rings. The molecule has 0 spiro atoms. The molecule has 1 aromatic rings. The van der Waals surface area contributed by atoms with Crippen LogP contribution in [-0.2, 0) is 4.79 Å². The first-order valence-corrected chi connectivity index (χ1v) is 8.11. The predicted octanol–water partition coefficient (Wildman–Crippen LogP) is 3.26. The molecule has 2 aliphatic heterocycles. The maximum atomic E-state index is 12.5. The van der Waals surface area contributed by atoms with Gasteiger partial charge in [0.2, 0.25) is 6.79 Å². The summed E-state index contributed by atoms with van der Waals surface area (Å²) in [6, 6.07) is 3.35. The minimum Gasteiger partial charge on any atom is -0.496 e. The van der Waals surface area contributed by atoms with Crippen molar-refractivity contribution in [2.75, 3.05) is 13.9 Å². The lowest BCUT2D eigenvalue weighted by Gasteiger charge is -2.19. The number of imide groups is 1. The minimum absolute atomic E-state index is 0.118. The zero-order valence-corrected chi connectivity index (χ0v) is 13.9. The Hall–Kier alpha value is -2.15. The molecule has 0 aliphatic carbocycles. The van der Waals surface area contributed by atoms with Gasteiger partial charge in [-0.25, -0.2) is 0 Å². The lowest BCUT2D eigenvalue weighted by atomic mass is 10.1. The van der Waals surface area contributed by atoms with Crippen LogP contribution < -0.4 is 14.2 Å². The fourth-order valence-electron chi connectivity index (χ4n) is 2.41. The van der Waals surface area contributed by atoms with Gasteiger partial charge in [-0.05, 0) is 37.2 Å². The highest BCUT2D eigenvalue weighted by Gasteiger charge is 2.37. The third-order valence-corrected chi connectivity index (χ3v) is 4.75. The van der Waals surface area contributed by atoms with Crippen molar-refractivity contribution in [3.8, 4) is 17.2 Å². The zero-order valence-electron chi connectivity index (χ0n) is 13.1. The molecule has 0 N–H and O–H groups in total. The number of nitrogens with zero attached hydrogens (tertiary/aromatic N) is 1. The second kappa shape index (κ2) is 6.16. The zero-order chi connectivity index (χ0) is 16.6. The Morgan fingerprint density at radius 2 is 2.04 bits per heavy atom. The maximum absolute atomic E-state index is 12.5. The first-order chi connectivity index (χ1) is 11.0. The Morgan fingerprint density at radius 3 is 2.70 bits per heavy atom. The number of carbonyl (C=O) groups excluding carboxylic acids is 2. The van der Waals surface area contributed by atoms with Gasteiger partial charge in [0.15, 0.2) is 11.5 Å². The summed E-state index contributed by atoms with van der Waals surface area (Å²) in [7, 11) is 1.54. The minimum atomic E-state index is -0.269. The number of fused-ring (bicyclic) bond motifs is 1. The van der Waals surface area contributed by atoms with E-state index < -0.39 is 0 Å². The summed E-state index contributed by atoms with van der Waals surface area (Å²) in [5, 5.41) is -0.240. The molecule has 7 heteroatoms. The highest BCUT2D eigenvalue weighted by Crippen LogP contribution is 2.41. The Morgan fingerprint density at radius 1 is 1.35 bits per heavy atom. The van der Waals surface area contributed by atoms with Crippen LogP contribution in [0.2, 0.25) is 0 Å². The highest BCUT2D eigenvalue weighted by atomic mass is 32.2. The predicted molar refractivity (Wildman–Crippen MR) is 86.7 cm³/mol. The molecular formula is C16H17NO5S. The van der Waals surface area contributed by atoms with Gasteiger partial charge in [0.25, 0.3) is 11.1 Å². The van der Waals surface area contributed by atoms with Crippen LogP contribution in [0.1, 0.15) is 25.8 Å². The third kappa shape index (κ3) is 2.76. The van der Waals surface area contributed by atoms with E-state index in [1.165, 1.54) is 4.90 Å². The van der Waals surface area contributed by atoms with Gasteiger partial charge in [0.05, 0.1) is 12.0 Å². The summed E-state index contributed by atoms with van der Waals surface area (Å²) < 4.78 is 16.0. The number of carbonyl (C=O) groups is 2. The normalized spacial score (nSPS) is 19.6. The molecule has 0 bridgehead atoms. The maximum Gasteiger partial charge on any atom is 0.293 e. The summed E-state index contributed by atoms with van der Waals surface area (Å²) >= 11 is 0.944. The van der Waals surface area contributed by atoms with Gasteiger partial charge in [-0.2, -0.15) is 0 Å². The van der Waals surface area contributed by atoms with Crippen LogP contribution in [0.4, 0.5) is 4.79 Å². The molecule has 1 saturated heterocycles. The van der Waals surface area contributed by atoms with Crippen molar-refractivity contribution in [3.05, 3.63) is 22.6 Å². The lowest BCUT2D eigenvalue weighted by Crippen LogP contribution is -2.36. The third-order valence-electron chi connectivity index (χ3n) is 3.87. The Kier molecular flexibility index (Phi) is 4.21. The van der Waals surface area contributed by atoms with Gasteiger partial charge in [-0.1, -0.05) is 6.92 Å². The van der Waals surface area contributed by atoms with E-state index in [-0.39, 0.29) is 24.0 Å². The summed E-state index contributed by atoms with van der Waals surface area (Å²) in [5.74, 6) is 1.49. The Balaban J connectivity index is 1.96. The molecule has 0 radical (unpaired) electrons. The van der Waals surface area contributed by atoms with Crippen molar-refractivity contribution in [2.45, 2.75) is 26.3 Å². The van der Waals surface area contributed by atoms with E-state index in [2.05, 4.69) is 0 Å². The van der Waals surface area contributed by atoms with Gasteiger partial charge in [0, 0.05) is 17.7 Å². The molecule has 3 rings (SSSR count). The largest absolute Gasteiger partial charge is 0.496 e. The number of hydrogen-bond acceptors (Lipinski definition) is 6. The van der Waals surface area contributed by atoms with E-state index in [1.54, 1.807) is 25.3 Å². The number of benzene rings is 1. The van der Waals surface area contributed by atoms with E-state index in [4.69, 9.17) is 14.2 Å². The summed E-state index contributed by atoms with van der Waals surface area (Å²) in [4.78, 5) is 26.2. The summed E-state index contributed by atoms with van der Waals surface area (Å²) in [5.41, 5.74) is 0.673. The number of rotatable bonds is 4. The first-order valence-electron chi connectivity index (χ1n) is 7.29. The molecule has 122 valence electrons. The van der Waals surface area contributed by atoms with Crippen LogP contribution in [0.5, 0.6) is 17.2 Å². The first kappa shape index (κ1) is 15.7. The molecule has 2 heterocycles. The van der Waals surface area contributed by atoms with Crippen LogP contribution in [0.25, 0.3) is 6.08 Å². The molecule has 23 heavy (non-hydrogen) atoms. The average Bonchev–Trinajstić information content (AvgIpc) is 3.10. The fourth-order valence-corrected chi connectivity index (χ4v) is 3.33. The topological polar surface area (TPSA) is 65.1 Å². The Labute approximate surface area is 138 Å². The molecule has 0 aromatic heterocycles. The molecule has 1 atom stereocenters. The summed E-state index contributed by atoms with van der Waals surface area (Å²) in [6.07, 6.45) is 2.38. The van der Waals surface area contributed by atoms with Gasteiger partial charge in [-0.3, -0.25) is 14.5 Å². The molecular weight excluding hydrogens is 318 g/mol. The van der Waals surface area contributed by atoms with E-state index in [0.717, 1.165) is 18.2 Å². The van der Waals surface area contributed by atoms with E-state index in [1.807, 2.05) is 13.8 Å². The molecule has 0 saturated carbocycles. The van der Waals surface area contributed by atoms with Crippen LogP contribution in [0.15, 0.2) is 17.0 Å². The van der Waals surface area contributed by atoms with Crippen LogP contribution in [0.3, 0.4) is 0 Å². The number of amides is 2. The fraction of sp³-hybridized carbons (Fsp3) is 0.375. The number of thioether (sulfide) groups is 1. The standard InChI is InChI=1S/C16H17NO5S/c1-4-9(2)17-15(18)14(23-16(17)19)6-10-5-12-13(22-8-21-12)7-11(10)20-3/h5-7,9H,4,8H2,1-3H3/b14-6+. The van der Waals surface area contributed by atoms with Gasteiger partial charge >= 0.3 is 0 Å². The van der Waals surface area contributed by atoms with Crippen molar-refractivity contribution in [1.82, 2.24) is 4.90 Å². The number of ether oxygens (including phenoxy) is 3. The van der Waals surface area contributed by atoms with Gasteiger partial charge < -0.3 is 14.2 Å². The van der Waals surface area contributed by atoms with E-state index in [9.17, 15) is 9.59 Å². The lowest BCUT2D eigenvalue weighted by molar-refractivity contribution is -0.124. The van der Waals surface area contributed by atoms with Crippen molar-refractivity contribution >= 4 is 29.0 Å². The second-order valence-electron chi connectivity index (χ2n) is 5.26. The van der Waals surface area contributed by atoms with Crippen LogP contribution >= 0.6 is 11.8 Å². The molecule has 1 fully saturated rings. The molecule has 1 aromatic carbocycles. The average molecular weight is 335 g/mol. The van der Waals surface area contributed by atoms with Crippen LogP contribution in [0, 0.1) is 0 Å². The van der Waals surface area contributed by atoms with E-state index >= 15 is 0 Å². The second-order valence-corrected chi connectivity index (χ2v) is 6.25. The summed E-state index contributed by atoms with van der Waals surface area (Å²) in [6.45, 7) is 3.96. The molecule has 1 unspecified atom stereocenters. The quantitative estimate of drug-likeness (QED) is 0.787. The van der Waals surface area contributed by atoms with Crippen LogP contribution in [-0.4, -0.2) is 36.0 Å². The SMILES string of the molecule is CCC(C)N1C(=O)S/C(=C/c2cc3c(cc2OC)OCO3)C1=O. The number of methoxy groups -OCH3 is 1. The van der Waals surface area contributed by atoms with Crippen molar-refractivity contribution in [1.29, 1.82) is 0 Å². The highest BCUT2D eigenvalue weighted by molar-refractivity contribution is 8.18. The van der Waals surface area contributed by atoms with Crippen molar-refractivity contribution in [2.24, 2.45) is 0 Å². The number of hydrogen-bond donors (Lipinski definition) is 0. The molecule has 2 amide bonds. The molecule has 6 nitrogen and oxygen atoms in total. The van der Waals surface area contributed by atoms with Gasteiger partial charge in [0.1, 0.15) is 5.75 Å². The monoisotopic (exact) mass is 335 g/mol. The van der Waals surface area contributed by atoms with Gasteiger partial charge in [-0.15, -0.1) is 0 Å². The van der Waals surface area contributed by atoms with Crippen molar-refractivity contribution in [3.63, 3.8) is 0 Å².